The van der Waals surface area contributed by atoms with Crippen LogP contribution in [0.2, 0.25) is 0 Å². The Hall–Kier alpha value is -1.05. The first-order chi connectivity index (χ1) is 18.0. The number of alkyl halides is 2. The summed E-state index contributed by atoms with van der Waals surface area (Å²) in [5.41, 5.74) is 3.76. The van der Waals surface area contributed by atoms with Crippen molar-refractivity contribution in [3.63, 3.8) is 0 Å². The number of nitrogen functional groups attached to an aromatic ring is 1. The molecule has 4 heterocycles. The number of nitrogens with two attached hydrogens (primary N) is 1. The fourth-order valence-corrected chi connectivity index (χ4v) is 6.82. The van der Waals surface area contributed by atoms with Crippen LogP contribution in [0.3, 0.4) is 0 Å². The number of fused-ring (bicyclic) bond motifs is 1. The summed E-state index contributed by atoms with van der Waals surface area (Å²) in [6.07, 6.45) is -3.17. The Morgan fingerprint density at radius 2 is 1.79 bits per heavy atom. The summed E-state index contributed by atoms with van der Waals surface area (Å²) < 4.78 is 84.5. The van der Waals surface area contributed by atoms with Crippen LogP contribution in [0.5, 0.6) is 5.88 Å². The van der Waals surface area contributed by atoms with Crippen LogP contribution in [0.4, 0.5) is 10.3 Å². The molecule has 0 radical (unpaired) electrons. The van der Waals surface area contributed by atoms with Gasteiger partial charge in [0.15, 0.2) is 23.1 Å². The maximum Gasteiger partial charge on any atom is 0.475 e. The van der Waals surface area contributed by atoms with Gasteiger partial charge in [0.05, 0.1) is 46.0 Å². The zero-order chi connectivity index (χ0) is 27.6. The van der Waals surface area contributed by atoms with Gasteiger partial charge in [0.1, 0.15) is 16.8 Å². The molecular formula is C18H27FIN5O11P2. The minimum atomic E-state index is -4.23. The summed E-state index contributed by atoms with van der Waals surface area (Å²) in [5, 5.41) is 10.7. The summed E-state index contributed by atoms with van der Waals surface area (Å²) in [7, 11) is -8.04. The van der Waals surface area contributed by atoms with Gasteiger partial charge in [0.25, 0.3) is 0 Å². The predicted molar refractivity (Wildman–Crippen MR) is 135 cm³/mol. The van der Waals surface area contributed by atoms with E-state index in [1.54, 1.807) is 6.92 Å². The number of phosphoric ester groups is 2. The van der Waals surface area contributed by atoms with Gasteiger partial charge in [-0.15, -0.1) is 0 Å². The average Bonchev–Trinajstić information content (AvgIpc) is 3.37. The highest BCUT2D eigenvalue weighted by atomic mass is 127. The van der Waals surface area contributed by atoms with E-state index in [0.29, 0.717) is 0 Å². The van der Waals surface area contributed by atoms with Crippen molar-refractivity contribution in [3.05, 3.63) is 6.33 Å². The summed E-state index contributed by atoms with van der Waals surface area (Å²) in [4.78, 5) is 12.3. The van der Waals surface area contributed by atoms with Gasteiger partial charge >= 0.3 is 15.6 Å². The number of hydrogen-bond donors (Lipinski definition) is 2. The molecule has 2 fully saturated rings. The van der Waals surface area contributed by atoms with Gasteiger partial charge in [-0.05, 0) is 13.8 Å². The third kappa shape index (κ3) is 6.46. The van der Waals surface area contributed by atoms with Gasteiger partial charge < -0.3 is 20.3 Å². The maximum atomic E-state index is 15.8. The molecule has 2 aromatic rings. The van der Waals surface area contributed by atoms with Crippen molar-refractivity contribution in [2.75, 3.05) is 50.0 Å². The molecular weight excluding hydrogens is 670 g/mol. The minimum Gasteiger partial charge on any atom is -0.476 e. The molecule has 2 aliphatic rings. The number of imidazole rings is 1. The smallest absolute Gasteiger partial charge is 0.475 e. The third-order valence-electron chi connectivity index (χ3n) is 5.43. The van der Waals surface area contributed by atoms with E-state index in [1.165, 1.54) is 10.9 Å². The second kappa shape index (κ2) is 12.2. The average molecular weight is 697 g/mol. The van der Waals surface area contributed by atoms with Crippen LogP contribution in [0.15, 0.2) is 6.33 Å². The lowest BCUT2D eigenvalue weighted by atomic mass is 9.98. The van der Waals surface area contributed by atoms with Crippen LogP contribution in [0.25, 0.3) is 11.2 Å². The van der Waals surface area contributed by atoms with Crippen molar-refractivity contribution in [2.24, 2.45) is 0 Å². The number of aliphatic hydroxyl groups is 1. The highest BCUT2D eigenvalue weighted by Crippen LogP contribution is 2.54. The van der Waals surface area contributed by atoms with Crippen LogP contribution in [-0.4, -0.2) is 86.8 Å². The molecule has 4 atom stereocenters. The van der Waals surface area contributed by atoms with Gasteiger partial charge in [-0.25, -0.2) is 18.5 Å². The topological polar surface area (TPSA) is 198 Å². The van der Waals surface area contributed by atoms with Crippen LogP contribution in [-0.2, 0) is 41.0 Å². The summed E-state index contributed by atoms with van der Waals surface area (Å²) in [6, 6.07) is 0. The van der Waals surface area contributed by atoms with Crippen LogP contribution >= 0.6 is 38.2 Å². The quantitative estimate of drug-likeness (QED) is 0.232. The Balaban J connectivity index is 1.46. The number of anilines is 1. The molecule has 2 aromatic heterocycles. The van der Waals surface area contributed by atoms with Crippen LogP contribution in [0.1, 0.15) is 20.1 Å². The van der Waals surface area contributed by atoms with Crippen molar-refractivity contribution in [1.82, 2.24) is 19.5 Å². The van der Waals surface area contributed by atoms with E-state index in [2.05, 4.69) is 15.0 Å². The predicted octanol–water partition coefficient (Wildman–Crippen LogP) is 2.52. The largest absolute Gasteiger partial charge is 0.476 e. The zero-order valence-corrected chi connectivity index (χ0v) is 24.3. The monoisotopic (exact) mass is 697 g/mol. The first-order valence-electron chi connectivity index (χ1n) is 11.3. The minimum absolute atomic E-state index is 0.0550. The molecule has 0 aliphatic carbocycles. The first-order valence-corrected chi connectivity index (χ1v) is 15.7. The number of aromatic nitrogens is 4. The van der Waals surface area contributed by atoms with Crippen molar-refractivity contribution < 1.29 is 55.2 Å². The molecule has 0 spiro atoms. The van der Waals surface area contributed by atoms with Gasteiger partial charge in [-0.3, -0.25) is 31.7 Å². The van der Waals surface area contributed by atoms with E-state index in [9.17, 15) is 14.2 Å². The fraction of sp³-hybridized carbons (Fsp3) is 0.722. The lowest BCUT2D eigenvalue weighted by molar-refractivity contribution is -0.0585. The standard InChI is InChI=1S/C18H27FIN5O11P2/c1-3-29-15-12-14(23-17(21)24-15)25(10-22-12)16-18(2,19)13(26)11(36-16)8-34-37(27)30-4-6-32-38(28,35-9-20)33-7-5-31-37/h10-11,13,16,26H,3-9H2,1-2H3,(H2,21,23,24)/t11-,13-,16-,18-,37?,38?/m1/s1. The lowest BCUT2D eigenvalue weighted by Gasteiger charge is -2.25. The lowest BCUT2D eigenvalue weighted by Crippen LogP contribution is -2.40. The molecule has 0 saturated carbocycles. The summed E-state index contributed by atoms with van der Waals surface area (Å²) >= 11 is 1.83. The van der Waals surface area contributed by atoms with Gasteiger partial charge in [-0.2, -0.15) is 9.97 Å². The number of nitrogens with zero attached hydrogens (tertiary/aromatic N) is 4. The number of hydrogen-bond acceptors (Lipinski definition) is 15. The van der Waals surface area contributed by atoms with E-state index < -0.39 is 46.4 Å². The highest BCUT2D eigenvalue weighted by Gasteiger charge is 2.56. The Morgan fingerprint density at radius 3 is 2.37 bits per heavy atom. The Morgan fingerprint density at radius 1 is 1.18 bits per heavy atom. The Kier molecular flexibility index (Phi) is 9.62. The molecule has 20 heteroatoms. The first kappa shape index (κ1) is 29.9. The third-order valence-corrected chi connectivity index (χ3v) is 9.14. The zero-order valence-electron chi connectivity index (χ0n) is 20.3. The Labute approximate surface area is 229 Å². The number of ether oxygens (including phenoxy) is 2. The molecule has 38 heavy (non-hydrogen) atoms. The van der Waals surface area contributed by atoms with E-state index in [0.717, 1.165) is 6.92 Å². The van der Waals surface area contributed by atoms with Crippen LogP contribution < -0.4 is 10.5 Å². The number of phosphoric acid groups is 2. The van der Waals surface area contributed by atoms with Crippen molar-refractivity contribution >= 4 is 55.3 Å². The van der Waals surface area contributed by atoms with E-state index in [4.69, 9.17) is 42.3 Å². The summed E-state index contributed by atoms with van der Waals surface area (Å²) in [6.45, 7) is 1.28. The van der Waals surface area contributed by atoms with Crippen molar-refractivity contribution in [3.8, 4) is 5.88 Å². The molecule has 2 saturated heterocycles. The molecule has 0 bridgehead atoms. The van der Waals surface area contributed by atoms with Gasteiger partial charge in [-0.1, -0.05) is 22.6 Å². The second-order valence-corrected chi connectivity index (χ2v) is 12.0. The highest BCUT2D eigenvalue weighted by molar-refractivity contribution is 14.1. The fourth-order valence-electron chi connectivity index (χ4n) is 3.71. The molecule has 4 rings (SSSR count). The van der Waals surface area contributed by atoms with Crippen molar-refractivity contribution in [2.45, 2.75) is 38.0 Å². The second-order valence-electron chi connectivity index (χ2n) is 8.03. The SMILES string of the molecule is CCOc1nc(N)nc2c1ncn2[C@@H]1O[C@H](COP2(=O)OCCOP(=O)(OCI)OCCO2)[C@@H](O)[C@@]1(C)F. The number of aliphatic hydroxyl groups excluding tert-OH is 1. The summed E-state index contributed by atoms with van der Waals surface area (Å²) in [5.74, 6) is -0.0171. The molecule has 2 aliphatic heterocycles. The van der Waals surface area contributed by atoms with Gasteiger partial charge in [0, 0.05) is 0 Å². The van der Waals surface area contributed by atoms with E-state index in [1.807, 2.05) is 22.6 Å². The number of halogens is 2. The molecule has 214 valence electrons. The van der Waals surface area contributed by atoms with E-state index >= 15 is 4.39 Å². The van der Waals surface area contributed by atoms with E-state index in [-0.39, 0.29) is 60.6 Å². The molecule has 3 N–H and O–H groups in total. The molecule has 16 nitrogen and oxygen atoms in total. The van der Waals surface area contributed by atoms with Crippen molar-refractivity contribution in [1.29, 1.82) is 0 Å². The molecule has 0 aromatic carbocycles. The normalized spacial score (nSPS) is 34.9. The van der Waals surface area contributed by atoms with Crippen LogP contribution in [0, 0.1) is 0 Å². The molecule has 0 amide bonds. The van der Waals surface area contributed by atoms with Gasteiger partial charge in [0.2, 0.25) is 11.8 Å². The number of rotatable bonds is 8. The maximum absolute atomic E-state index is 15.8. The Bertz CT molecular complexity index is 1200. The molecule has 0 unspecified atom stereocenters.